The third-order valence-corrected chi connectivity index (χ3v) is 5.18. The Hall–Kier alpha value is -2.36. The second-order valence-corrected chi connectivity index (χ2v) is 7.18. The maximum absolute atomic E-state index is 12.7. The molecular formula is C19H19Cl2N5O. The highest BCUT2D eigenvalue weighted by Gasteiger charge is 2.23. The van der Waals surface area contributed by atoms with Crippen molar-refractivity contribution in [1.29, 1.82) is 5.26 Å². The summed E-state index contributed by atoms with van der Waals surface area (Å²) in [6, 6.07) is 8.99. The van der Waals surface area contributed by atoms with Crippen molar-refractivity contribution in [2.24, 2.45) is 5.92 Å². The van der Waals surface area contributed by atoms with Crippen molar-refractivity contribution in [2.45, 2.75) is 31.6 Å². The first kappa shape index (κ1) is 19.4. The Labute approximate surface area is 168 Å². The molecule has 0 bridgehead atoms. The minimum atomic E-state index is -0.276. The smallest absolute Gasteiger partial charge is 0.267 e. The lowest BCUT2D eigenvalue weighted by molar-refractivity contribution is 0.0947. The van der Waals surface area contributed by atoms with Crippen molar-refractivity contribution < 1.29 is 4.79 Å². The van der Waals surface area contributed by atoms with Gasteiger partial charge in [0, 0.05) is 18.0 Å². The minimum absolute atomic E-state index is 0.00605. The molecule has 0 radical (unpaired) electrons. The zero-order valence-corrected chi connectivity index (χ0v) is 16.2. The van der Waals surface area contributed by atoms with Gasteiger partial charge < -0.3 is 0 Å². The Morgan fingerprint density at radius 3 is 2.63 bits per heavy atom. The van der Waals surface area contributed by atoms with E-state index in [-0.39, 0.29) is 16.8 Å². The molecule has 1 aromatic heterocycles. The van der Waals surface area contributed by atoms with Gasteiger partial charge in [0.05, 0.1) is 6.20 Å². The number of nitrogens with zero attached hydrogens (tertiary/aromatic N) is 4. The maximum atomic E-state index is 12.7. The third kappa shape index (κ3) is 4.88. The number of rotatable bonds is 6. The number of halogens is 2. The molecule has 0 atom stereocenters. The predicted molar refractivity (Wildman–Crippen MR) is 105 cm³/mol. The normalized spacial score (nSPS) is 14.0. The molecule has 1 aliphatic rings. The summed E-state index contributed by atoms with van der Waals surface area (Å²) in [7, 11) is 0. The molecule has 0 unspecified atom stereocenters. The first-order valence-corrected chi connectivity index (χ1v) is 9.68. The van der Waals surface area contributed by atoms with E-state index < -0.39 is 0 Å². The highest BCUT2D eigenvalue weighted by molar-refractivity contribution is 6.32. The second-order valence-electron chi connectivity index (χ2n) is 6.51. The first-order valence-electron chi connectivity index (χ1n) is 8.76. The number of aromatic nitrogens is 2. The molecule has 0 spiro atoms. The largest absolute Gasteiger partial charge is 0.269 e. The summed E-state index contributed by atoms with van der Waals surface area (Å²) in [6.07, 6.45) is 5.90. The number of benzene rings is 1. The SMILES string of the molecule is N#Cc1ncc(Cl)c(N(CC2CCCC2)NC(=O)c2ccc(CCl)cc2)n1. The molecule has 2 aromatic rings. The number of carbonyl (C=O) groups excluding carboxylic acids is 1. The lowest BCUT2D eigenvalue weighted by Gasteiger charge is -2.27. The van der Waals surface area contributed by atoms with Crippen LogP contribution in [0.2, 0.25) is 5.02 Å². The molecule has 140 valence electrons. The number of nitrogens with one attached hydrogen (secondary N) is 1. The molecule has 1 aliphatic carbocycles. The number of hydrogen-bond donors (Lipinski definition) is 1. The predicted octanol–water partition coefficient (Wildman–Crippen LogP) is 4.08. The molecule has 1 heterocycles. The maximum Gasteiger partial charge on any atom is 0.269 e. The van der Waals surface area contributed by atoms with Gasteiger partial charge in [-0.25, -0.2) is 4.98 Å². The van der Waals surface area contributed by atoms with E-state index in [0.717, 1.165) is 18.4 Å². The fourth-order valence-electron chi connectivity index (χ4n) is 3.17. The Bertz CT molecular complexity index is 844. The highest BCUT2D eigenvalue weighted by Crippen LogP contribution is 2.28. The van der Waals surface area contributed by atoms with E-state index in [0.29, 0.717) is 29.7 Å². The zero-order chi connectivity index (χ0) is 19.2. The van der Waals surface area contributed by atoms with Crippen LogP contribution >= 0.6 is 23.2 Å². The van der Waals surface area contributed by atoms with Gasteiger partial charge in [0.2, 0.25) is 5.82 Å². The van der Waals surface area contributed by atoms with Crippen LogP contribution in [0.5, 0.6) is 0 Å². The number of carbonyl (C=O) groups is 1. The van der Waals surface area contributed by atoms with Crippen LogP contribution in [-0.4, -0.2) is 22.4 Å². The molecule has 1 saturated carbocycles. The molecule has 1 fully saturated rings. The van der Waals surface area contributed by atoms with Crippen LogP contribution in [0.1, 0.15) is 47.4 Å². The van der Waals surface area contributed by atoms with Crippen LogP contribution in [0, 0.1) is 17.2 Å². The summed E-state index contributed by atoms with van der Waals surface area (Å²) in [4.78, 5) is 20.8. The van der Waals surface area contributed by atoms with Gasteiger partial charge >= 0.3 is 0 Å². The van der Waals surface area contributed by atoms with E-state index in [1.165, 1.54) is 19.0 Å². The van der Waals surface area contributed by atoms with Crippen molar-refractivity contribution in [3.05, 3.63) is 52.4 Å². The van der Waals surface area contributed by atoms with Crippen LogP contribution in [0.15, 0.2) is 30.5 Å². The van der Waals surface area contributed by atoms with Crippen molar-refractivity contribution in [2.75, 3.05) is 11.6 Å². The van der Waals surface area contributed by atoms with E-state index in [1.54, 1.807) is 17.1 Å². The molecule has 3 rings (SSSR count). The summed E-state index contributed by atoms with van der Waals surface area (Å²) in [5.41, 5.74) is 4.33. The van der Waals surface area contributed by atoms with Gasteiger partial charge in [-0.2, -0.15) is 10.2 Å². The molecule has 0 aliphatic heterocycles. The van der Waals surface area contributed by atoms with Crippen LogP contribution in [0.25, 0.3) is 0 Å². The Balaban J connectivity index is 1.85. The lowest BCUT2D eigenvalue weighted by Crippen LogP contribution is -2.45. The average Bonchev–Trinajstić information content (AvgIpc) is 3.21. The van der Waals surface area contributed by atoms with Gasteiger partial charge in [-0.1, -0.05) is 36.6 Å². The zero-order valence-electron chi connectivity index (χ0n) is 14.7. The van der Waals surface area contributed by atoms with Gasteiger partial charge in [-0.15, -0.1) is 11.6 Å². The van der Waals surface area contributed by atoms with Gasteiger partial charge in [-0.05, 0) is 36.5 Å². The van der Waals surface area contributed by atoms with E-state index >= 15 is 0 Å². The third-order valence-electron chi connectivity index (χ3n) is 4.60. The van der Waals surface area contributed by atoms with Crippen molar-refractivity contribution in [1.82, 2.24) is 15.4 Å². The van der Waals surface area contributed by atoms with E-state index in [2.05, 4.69) is 15.4 Å². The van der Waals surface area contributed by atoms with E-state index in [9.17, 15) is 4.79 Å². The number of nitriles is 1. The van der Waals surface area contributed by atoms with Crippen LogP contribution in [0.4, 0.5) is 5.82 Å². The van der Waals surface area contributed by atoms with Gasteiger partial charge in [0.15, 0.2) is 5.82 Å². The topological polar surface area (TPSA) is 81.9 Å². The molecule has 1 amide bonds. The molecule has 0 saturated heterocycles. The molecule has 27 heavy (non-hydrogen) atoms. The number of hydrazine groups is 1. The number of hydrogen-bond acceptors (Lipinski definition) is 5. The molecule has 1 N–H and O–H groups in total. The fourth-order valence-corrected chi connectivity index (χ4v) is 3.54. The number of alkyl halides is 1. The van der Waals surface area contributed by atoms with Gasteiger partial charge in [-0.3, -0.25) is 15.2 Å². The van der Waals surface area contributed by atoms with Crippen molar-refractivity contribution in [3.8, 4) is 6.07 Å². The number of anilines is 1. The van der Waals surface area contributed by atoms with Crippen molar-refractivity contribution in [3.63, 3.8) is 0 Å². The molecular weight excluding hydrogens is 385 g/mol. The molecule has 8 heteroatoms. The Morgan fingerprint density at radius 2 is 2.00 bits per heavy atom. The molecule has 6 nitrogen and oxygen atoms in total. The van der Waals surface area contributed by atoms with Gasteiger partial charge in [0.25, 0.3) is 5.91 Å². The van der Waals surface area contributed by atoms with Crippen LogP contribution in [-0.2, 0) is 5.88 Å². The average molecular weight is 404 g/mol. The number of amides is 1. The first-order chi connectivity index (χ1) is 13.1. The lowest BCUT2D eigenvalue weighted by atomic mass is 10.1. The standard InChI is InChI=1S/C19H19Cl2N5O/c20-9-13-5-7-15(8-6-13)19(27)25-26(12-14-3-1-2-4-14)18-16(21)11-23-17(10-22)24-18/h5-8,11,14H,1-4,9,12H2,(H,25,27). The summed E-state index contributed by atoms with van der Waals surface area (Å²) in [5, 5.41) is 11.0. The van der Waals surface area contributed by atoms with Crippen LogP contribution < -0.4 is 10.4 Å². The molecule has 1 aromatic carbocycles. The summed E-state index contributed by atoms with van der Waals surface area (Å²) < 4.78 is 0. The minimum Gasteiger partial charge on any atom is -0.267 e. The summed E-state index contributed by atoms with van der Waals surface area (Å²) in [5.74, 6) is 0.888. The summed E-state index contributed by atoms with van der Waals surface area (Å²) in [6.45, 7) is 0.576. The second kappa shape index (κ2) is 9.03. The fraction of sp³-hybridized carbons (Fsp3) is 0.368. The van der Waals surface area contributed by atoms with Crippen molar-refractivity contribution >= 4 is 34.9 Å². The van der Waals surface area contributed by atoms with E-state index in [1.807, 2.05) is 18.2 Å². The Kier molecular flexibility index (Phi) is 6.49. The quantitative estimate of drug-likeness (QED) is 0.580. The summed E-state index contributed by atoms with van der Waals surface area (Å²) >= 11 is 12.1. The van der Waals surface area contributed by atoms with E-state index in [4.69, 9.17) is 28.5 Å². The highest BCUT2D eigenvalue weighted by atomic mass is 35.5. The van der Waals surface area contributed by atoms with Crippen LogP contribution in [0.3, 0.4) is 0 Å². The van der Waals surface area contributed by atoms with Gasteiger partial charge in [0.1, 0.15) is 11.1 Å². The monoisotopic (exact) mass is 403 g/mol. The Morgan fingerprint density at radius 1 is 1.30 bits per heavy atom.